The third-order valence-electron chi connectivity index (χ3n) is 20.5. The number of carbonyl (C=O) groups excluding carboxylic acids is 5. The van der Waals surface area contributed by atoms with Crippen molar-refractivity contribution in [2.75, 3.05) is 6.61 Å². The normalized spacial score (nSPS) is 16.2. The highest BCUT2D eigenvalue weighted by atomic mass is 16.7. The zero-order valence-corrected chi connectivity index (χ0v) is 65.1. The van der Waals surface area contributed by atoms with Gasteiger partial charge in [0.1, 0.15) is 12.7 Å². The lowest BCUT2D eigenvalue weighted by Crippen LogP contribution is -2.63. The lowest BCUT2D eigenvalue weighted by molar-refractivity contribution is -0.301. The Morgan fingerprint density at radius 2 is 0.381 bits per heavy atom. The maximum atomic E-state index is 14.3. The number of carbonyl (C=O) groups is 5. The monoisotopic (exact) mass is 1370 g/mol. The van der Waals surface area contributed by atoms with Gasteiger partial charge in [0, 0.05) is 32.1 Å². The Bertz CT molecular complexity index is 1720. The van der Waals surface area contributed by atoms with E-state index in [0.29, 0.717) is 32.1 Å². The van der Waals surface area contributed by atoms with Crippen LogP contribution < -0.4 is 0 Å². The van der Waals surface area contributed by atoms with Crippen molar-refractivity contribution in [2.45, 2.75) is 515 Å². The molecule has 572 valence electrons. The maximum Gasteiger partial charge on any atom is 0.308 e. The highest BCUT2D eigenvalue weighted by Crippen LogP contribution is 2.32. The largest absolute Gasteiger partial charge is 0.463 e. The van der Waals surface area contributed by atoms with Gasteiger partial charge in [0.2, 0.25) is 12.4 Å². The summed E-state index contributed by atoms with van der Waals surface area (Å²) in [5.41, 5.74) is 0. The van der Waals surface area contributed by atoms with Gasteiger partial charge in [-0.3, -0.25) is 24.0 Å². The van der Waals surface area contributed by atoms with E-state index in [9.17, 15) is 24.0 Å². The molecule has 0 aromatic heterocycles. The van der Waals surface area contributed by atoms with Gasteiger partial charge in [-0.2, -0.15) is 0 Å². The van der Waals surface area contributed by atoms with Gasteiger partial charge in [-0.25, -0.2) is 0 Å². The first-order valence-corrected chi connectivity index (χ1v) is 43.3. The molecule has 1 aliphatic heterocycles. The first kappa shape index (κ1) is 92.3. The molecule has 0 radical (unpaired) electrons. The van der Waals surface area contributed by atoms with Gasteiger partial charge in [0.05, 0.1) is 0 Å². The highest BCUT2D eigenvalue weighted by molar-refractivity contribution is 5.72. The number of hydrogen-bond donors (Lipinski definition) is 0. The van der Waals surface area contributed by atoms with Crippen molar-refractivity contribution in [3.05, 3.63) is 0 Å². The average molecular weight is 1370 g/mol. The van der Waals surface area contributed by atoms with Crippen LogP contribution in [-0.2, 0) is 52.4 Å². The van der Waals surface area contributed by atoms with E-state index in [1.165, 1.54) is 289 Å². The Kier molecular flexibility index (Phi) is 69.6. The molecule has 11 heteroatoms. The van der Waals surface area contributed by atoms with Gasteiger partial charge < -0.3 is 28.4 Å². The predicted octanol–water partition coefficient (Wildman–Crippen LogP) is 26.9. The third kappa shape index (κ3) is 60.6. The van der Waals surface area contributed by atoms with E-state index in [4.69, 9.17) is 28.4 Å². The SMILES string of the molecule is CCCCCCCCCCCCCCCC(=O)OC[C@H]1O[C@@H](OC(=O)CCCCCCCCCCCCCCC)[C@H](OC(=O)CCCCCCCCCCCCCCC)[C@@H](OC(=O)CCCCCCCCCCCCCCC)[C@@H]1OC(=O)CCCCCCCCCCCCCCC. The van der Waals surface area contributed by atoms with Gasteiger partial charge in [0.25, 0.3) is 0 Å². The van der Waals surface area contributed by atoms with E-state index in [1.54, 1.807) is 0 Å². The Labute approximate surface area is 600 Å². The summed E-state index contributed by atoms with van der Waals surface area (Å²) in [6.07, 6.45) is 70.5. The molecule has 0 aliphatic carbocycles. The Hall–Kier alpha value is -2.69. The molecule has 11 nitrogen and oxygen atoms in total. The third-order valence-corrected chi connectivity index (χ3v) is 20.5. The fourth-order valence-corrected chi connectivity index (χ4v) is 14.0. The van der Waals surface area contributed by atoms with Crippen molar-refractivity contribution in [1.82, 2.24) is 0 Å². The molecule has 0 aromatic carbocycles. The summed E-state index contributed by atoms with van der Waals surface area (Å²) in [4.78, 5) is 70.4. The molecule has 1 rings (SSSR count). The second kappa shape index (κ2) is 73.1. The molecule has 0 unspecified atom stereocenters. The molecule has 0 saturated carbocycles. The molecule has 0 bridgehead atoms. The fraction of sp³-hybridized carbons (Fsp3) is 0.942. The van der Waals surface area contributed by atoms with Crippen molar-refractivity contribution in [2.24, 2.45) is 0 Å². The minimum atomic E-state index is -1.50. The highest BCUT2D eigenvalue weighted by Gasteiger charge is 2.54. The zero-order chi connectivity index (χ0) is 70.2. The quantitative estimate of drug-likeness (QED) is 0.0326. The fourth-order valence-electron chi connectivity index (χ4n) is 14.0. The van der Waals surface area contributed by atoms with Crippen molar-refractivity contribution in [3.8, 4) is 0 Å². The minimum absolute atomic E-state index is 0.122. The van der Waals surface area contributed by atoms with Crippen molar-refractivity contribution >= 4 is 29.8 Å². The summed E-state index contributed by atoms with van der Waals surface area (Å²) in [5, 5.41) is 0. The van der Waals surface area contributed by atoms with Crippen LogP contribution in [0.2, 0.25) is 0 Å². The van der Waals surface area contributed by atoms with E-state index in [2.05, 4.69) is 34.6 Å². The Morgan fingerprint density at radius 1 is 0.206 bits per heavy atom. The van der Waals surface area contributed by atoms with Crippen LogP contribution in [0, 0.1) is 0 Å². The molecule has 1 aliphatic rings. The van der Waals surface area contributed by atoms with E-state index in [0.717, 1.165) is 96.3 Å². The lowest BCUT2D eigenvalue weighted by Gasteiger charge is -2.44. The smallest absolute Gasteiger partial charge is 0.308 e. The van der Waals surface area contributed by atoms with Gasteiger partial charge in [-0.05, 0) is 32.1 Å². The summed E-state index contributed by atoms with van der Waals surface area (Å²) in [6.45, 7) is 11.0. The molecule has 1 heterocycles. The predicted molar refractivity (Wildman–Crippen MR) is 407 cm³/mol. The first-order chi connectivity index (χ1) is 47.7. The number of esters is 5. The molecule has 0 amide bonds. The maximum absolute atomic E-state index is 14.3. The number of hydrogen-bond acceptors (Lipinski definition) is 11. The van der Waals surface area contributed by atoms with E-state index in [-0.39, 0.29) is 38.7 Å². The molecule has 0 N–H and O–H groups in total. The molecule has 1 fully saturated rings. The van der Waals surface area contributed by atoms with Crippen LogP contribution in [0.5, 0.6) is 0 Å². The van der Waals surface area contributed by atoms with Crippen LogP contribution in [0.1, 0.15) is 484 Å². The van der Waals surface area contributed by atoms with Crippen LogP contribution >= 0.6 is 0 Å². The van der Waals surface area contributed by atoms with Crippen molar-refractivity contribution in [1.29, 1.82) is 0 Å². The van der Waals surface area contributed by atoms with Crippen LogP contribution in [0.15, 0.2) is 0 Å². The molecular weight excluding hydrogens is 1210 g/mol. The second-order valence-electron chi connectivity index (χ2n) is 30.0. The summed E-state index contributed by atoms with van der Waals surface area (Å²) >= 11 is 0. The van der Waals surface area contributed by atoms with Crippen LogP contribution in [-0.4, -0.2) is 67.2 Å². The van der Waals surface area contributed by atoms with Gasteiger partial charge >= 0.3 is 29.8 Å². The summed E-state index contributed by atoms with van der Waals surface area (Å²) < 4.78 is 38.1. The summed E-state index contributed by atoms with van der Waals surface area (Å²) in [5.74, 6) is -2.44. The van der Waals surface area contributed by atoms with Gasteiger partial charge in [-0.1, -0.05) is 420 Å². The second-order valence-corrected chi connectivity index (χ2v) is 30.0. The van der Waals surface area contributed by atoms with Gasteiger partial charge in [-0.15, -0.1) is 0 Å². The minimum Gasteiger partial charge on any atom is -0.463 e. The summed E-state index contributed by atoms with van der Waals surface area (Å²) in [7, 11) is 0. The Balaban J connectivity index is 3.38. The summed E-state index contributed by atoms with van der Waals surface area (Å²) in [6, 6.07) is 0. The number of unbranched alkanes of at least 4 members (excludes halogenated alkanes) is 60. The van der Waals surface area contributed by atoms with Crippen LogP contribution in [0.3, 0.4) is 0 Å². The zero-order valence-electron chi connectivity index (χ0n) is 65.1. The van der Waals surface area contributed by atoms with Gasteiger partial charge in [0.15, 0.2) is 12.2 Å². The molecule has 1 saturated heterocycles. The topological polar surface area (TPSA) is 141 Å². The first-order valence-electron chi connectivity index (χ1n) is 43.3. The Morgan fingerprint density at radius 3 is 0.608 bits per heavy atom. The molecule has 97 heavy (non-hydrogen) atoms. The van der Waals surface area contributed by atoms with E-state index >= 15 is 0 Å². The number of ether oxygens (including phenoxy) is 6. The van der Waals surface area contributed by atoms with Crippen LogP contribution in [0.4, 0.5) is 0 Å². The molecule has 5 atom stereocenters. The lowest BCUT2D eigenvalue weighted by atomic mass is 9.97. The average Bonchev–Trinajstić information content (AvgIpc) is 0.839. The molecular formula is C86H162O11. The van der Waals surface area contributed by atoms with Crippen molar-refractivity contribution < 1.29 is 52.4 Å². The van der Waals surface area contributed by atoms with E-state index in [1.807, 2.05) is 0 Å². The van der Waals surface area contributed by atoms with E-state index < -0.39 is 60.6 Å². The van der Waals surface area contributed by atoms with Crippen molar-refractivity contribution in [3.63, 3.8) is 0 Å². The molecule has 0 spiro atoms. The number of rotatable bonds is 76. The standard InChI is InChI=1S/C86H162O11/c1-6-11-16-21-26-31-36-41-46-51-56-61-66-71-78(87)92-76-77-83(94-79(88)72-67-62-57-52-47-42-37-32-27-22-17-12-7-2)84(95-80(89)73-68-63-58-53-48-43-38-33-28-23-18-13-8-3)85(96-81(90)74-69-64-59-54-49-44-39-34-29-24-19-14-9-4)86(93-77)97-82(91)75-70-65-60-55-50-45-40-35-30-25-20-15-10-5/h77,83-86H,6-76H2,1-5H3/t77-,83-,84+,85-,86+/m1/s1. The molecule has 0 aromatic rings. The van der Waals surface area contributed by atoms with Crippen LogP contribution in [0.25, 0.3) is 0 Å².